The first-order valence-corrected chi connectivity index (χ1v) is 7.83. The number of anilines is 1. The van der Waals surface area contributed by atoms with Crippen LogP contribution in [-0.2, 0) is 9.59 Å². The average molecular weight is 353 g/mol. The third-order valence-corrected chi connectivity index (χ3v) is 3.79. The predicted molar refractivity (Wildman–Crippen MR) is 96.0 cm³/mol. The van der Waals surface area contributed by atoms with Gasteiger partial charge in [-0.1, -0.05) is 54.1 Å². The minimum atomic E-state index is -0.790. The summed E-state index contributed by atoms with van der Waals surface area (Å²) in [7, 11) is 0. The molecule has 0 radical (unpaired) electrons. The maximum absolute atomic E-state index is 12.6. The van der Waals surface area contributed by atoms with Crippen LogP contribution in [0.25, 0.3) is 6.08 Å². The van der Waals surface area contributed by atoms with E-state index in [1.165, 1.54) is 18.2 Å². The van der Waals surface area contributed by atoms with E-state index in [1.807, 2.05) is 30.3 Å². The number of allylic oxidation sites excluding steroid dienone is 2. The molecule has 1 saturated heterocycles. The number of halogens is 1. The number of imide groups is 2. The van der Waals surface area contributed by atoms with Crippen molar-refractivity contribution in [3.63, 3.8) is 0 Å². The maximum Gasteiger partial charge on any atom is 0.335 e. The van der Waals surface area contributed by atoms with E-state index in [0.29, 0.717) is 10.7 Å². The number of carbonyl (C=O) groups excluding carboxylic acids is 3. The zero-order chi connectivity index (χ0) is 17.8. The average Bonchev–Trinajstić information content (AvgIpc) is 2.60. The highest BCUT2D eigenvalue weighted by atomic mass is 35.5. The molecule has 0 aliphatic carbocycles. The van der Waals surface area contributed by atoms with Gasteiger partial charge in [0.25, 0.3) is 11.8 Å². The van der Waals surface area contributed by atoms with E-state index < -0.39 is 17.8 Å². The fourth-order valence-corrected chi connectivity index (χ4v) is 2.45. The Hall–Kier alpha value is -3.18. The molecule has 0 atom stereocenters. The number of barbiturate groups is 1. The summed E-state index contributed by atoms with van der Waals surface area (Å²) in [5, 5.41) is 2.64. The third-order valence-electron chi connectivity index (χ3n) is 3.54. The van der Waals surface area contributed by atoms with E-state index >= 15 is 0 Å². The molecule has 124 valence electrons. The Kier molecular flexibility index (Phi) is 4.77. The van der Waals surface area contributed by atoms with Gasteiger partial charge in [0.05, 0.1) is 5.69 Å². The predicted octanol–water partition coefficient (Wildman–Crippen LogP) is 3.56. The van der Waals surface area contributed by atoms with Crippen molar-refractivity contribution >= 4 is 41.2 Å². The van der Waals surface area contributed by atoms with Crippen LogP contribution in [0.3, 0.4) is 0 Å². The molecule has 1 heterocycles. The molecule has 25 heavy (non-hydrogen) atoms. The molecule has 1 N–H and O–H groups in total. The Labute approximate surface area is 149 Å². The molecular weight excluding hydrogens is 340 g/mol. The molecule has 2 aromatic carbocycles. The summed E-state index contributed by atoms with van der Waals surface area (Å²) in [5.41, 5.74) is 1.13. The molecule has 0 unspecified atom stereocenters. The highest BCUT2D eigenvalue weighted by Gasteiger charge is 2.36. The maximum atomic E-state index is 12.6. The smallest absolute Gasteiger partial charge is 0.273 e. The number of amides is 4. The fraction of sp³-hybridized carbons (Fsp3) is 0. The number of benzene rings is 2. The normalized spacial score (nSPS) is 16.6. The Morgan fingerprint density at radius 1 is 0.920 bits per heavy atom. The summed E-state index contributed by atoms with van der Waals surface area (Å²) >= 11 is 5.82. The Bertz CT molecular complexity index is 887. The van der Waals surface area contributed by atoms with Gasteiger partial charge in [-0.2, -0.15) is 0 Å². The van der Waals surface area contributed by atoms with Gasteiger partial charge >= 0.3 is 6.03 Å². The van der Waals surface area contributed by atoms with Crippen LogP contribution >= 0.6 is 11.6 Å². The lowest BCUT2D eigenvalue weighted by molar-refractivity contribution is -0.122. The summed E-state index contributed by atoms with van der Waals surface area (Å²) in [6.07, 6.45) is 4.74. The molecule has 1 fully saturated rings. The van der Waals surface area contributed by atoms with Crippen molar-refractivity contribution in [2.45, 2.75) is 0 Å². The van der Waals surface area contributed by atoms with E-state index in [1.54, 1.807) is 24.3 Å². The quantitative estimate of drug-likeness (QED) is 0.678. The molecular formula is C19H13ClN2O3. The molecule has 1 aliphatic rings. The number of urea groups is 1. The molecule has 0 spiro atoms. The highest BCUT2D eigenvalue weighted by molar-refractivity contribution is 6.37. The first kappa shape index (κ1) is 16.7. The highest BCUT2D eigenvalue weighted by Crippen LogP contribution is 2.22. The van der Waals surface area contributed by atoms with E-state index in [2.05, 4.69) is 5.32 Å². The van der Waals surface area contributed by atoms with Crippen LogP contribution in [0, 0.1) is 0 Å². The topological polar surface area (TPSA) is 66.5 Å². The van der Waals surface area contributed by atoms with Crippen LogP contribution in [0.1, 0.15) is 5.56 Å². The van der Waals surface area contributed by atoms with Gasteiger partial charge in [0.15, 0.2) is 0 Å². The fourth-order valence-electron chi connectivity index (χ4n) is 2.32. The number of carbonyl (C=O) groups is 3. The monoisotopic (exact) mass is 352 g/mol. The van der Waals surface area contributed by atoms with Crippen molar-refractivity contribution in [2.75, 3.05) is 4.90 Å². The van der Waals surface area contributed by atoms with Crippen molar-refractivity contribution in [1.29, 1.82) is 0 Å². The van der Waals surface area contributed by atoms with Crippen molar-refractivity contribution in [3.8, 4) is 0 Å². The third kappa shape index (κ3) is 3.67. The molecule has 0 aromatic heterocycles. The van der Waals surface area contributed by atoms with Crippen molar-refractivity contribution in [1.82, 2.24) is 5.32 Å². The minimum Gasteiger partial charge on any atom is -0.273 e. The van der Waals surface area contributed by atoms with Crippen molar-refractivity contribution in [3.05, 3.63) is 82.9 Å². The summed E-state index contributed by atoms with van der Waals surface area (Å²) in [5.74, 6) is -1.41. The van der Waals surface area contributed by atoms with Crippen LogP contribution in [0.2, 0.25) is 5.02 Å². The Morgan fingerprint density at radius 2 is 1.60 bits per heavy atom. The molecule has 1 aliphatic heterocycles. The van der Waals surface area contributed by atoms with Crippen molar-refractivity contribution < 1.29 is 14.4 Å². The SMILES string of the molecule is O=C1NC(=O)N(c2ccc(Cl)cc2)C(=O)C1=CC=Cc1ccccc1. The standard InChI is InChI=1S/C19H13ClN2O3/c20-14-9-11-15(12-10-14)22-18(24)16(17(23)21-19(22)25)8-4-7-13-5-2-1-3-6-13/h1-12H,(H,21,23,25). The largest absolute Gasteiger partial charge is 0.335 e. The lowest BCUT2D eigenvalue weighted by atomic mass is 10.1. The molecule has 0 saturated carbocycles. The van der Waals surface area contributed by atoms with Crippen LogP contribution < -0.4 is 10.2 Å². The molecule has 0 bridgehead atoms. The van der Waals surface area contributed by atoms with Gasteiger partial charge in [-0.3, -0.25) is 14.9 Å². The van der Waals surface area contributed by atoms with Gasteiger partial charge in [-0.05, 0) is 35.9 Å². The lowest BCUT2D eigenvalue weighted by Gasteiger charge is -2.26. The number of nitrogens with zero attached hydrogens (tertiary/aromatic N) is 1. The molecule has 3 rings (SSSR count). The number of hydrogen-bond donors (Lipinski definition) is 1. The summed E-state index contributed by atoms with van der Waals surface area (Å²) in [6.45, 7) is 0. The van der Waals surface area contributed by atoms with Crippen LogP contribution in [0.15, 0.2) is 72.3 Å². The molecule has 4 amide bonds. The summed E-state index contributed by atoms with van der Waals surface area (Å²) in [6, 6.07) is 14.8. The zero-order valence-electron chi connectivity index (χ0n) is 13.0. The molecule has 6 heteroatoms. The van der Waals surface area contributed by atoms with E-state index in [4.69, 9.17) is 11.6 Å². The van der Waals surface area contributed by atoms with Crippen LogP contribution in [-0.4, -0.2) is 17.8 Å². The second kappa shape index (κ2) is 7.15. The van der Waals surface area contributed by atoms with Crippen LogP contribution in [0.4, 0.5) is 10.5 Å². The summed E-state index contributed by atoms with van der Waals surface area (Å²) in [4.78, 5) is 37.5. The number of hydrogen-bond acceptors (Lipinski definition) is 3. The van der Waals surface area contributed by atoms with Gasteiger partial charge in [-0.25, -0.2) is 9.69 Å². The first-order valence-electron chi connectivity index (χ1n) is 7.45. The van der Waals surface area contributed by atoms with Gasteiger partial charge in [0.1, 0.15) is 5.57 Å². The van der Waals surface area contributed by atoms with Gasteiger partial charge in [-0.15, -0.1) is 0 Å². The van der Waals surface area contributed by atoms with E-state index in [9.17, 15) is 14.4 Å². The second-order valence-corrected chi connectivity index (χ2v) is 5.66. The van der Waals surface area contributed by atoms with Gasteiger partial charge in [0, 0.05) is 5.02 Å². The Morgan fingerprint density at radius 3 is 2.28 bits per heavy atom. The minimum absolute atomic E-state index is 0.123. The number of nitrogens with one attached hydrogen (secondary N) is 1. The van der Waals surface area contributed by atoms with E-state index in [0.717, 1.165) is 10.5 Å². The lowest BCUT2D eigenvalue weighted by Crippen LogP contribution is -2.54. The van der Waals surface area contributed by atoms with Crippen LogP contribution in [0.5, 0.6) is 0 Å². The number of rotatable bonds is 3. The van der Waals surface area contributed by atoms with E-state index in [-0.39, 0.29) is 5.57 Å². The second-order valence-electron chi connectivity index (χ2n) is 5.23. The Balaban J connectivity index is 1.88. The van der Waals surface area contributed by atoms with Gasteiger partial charge < -0.3 is 0 Å². The first-order chi connectivity index (χ1) is 12.1. The molecule has 5 nitrogen and oxygen atoms in total. The molecule has 2 aromatic rings. The van der Waals surface area contributed by atoms with Gasteiger partial charge in [0.2, 0.25) is 0 Å². The zero-order valence-corrected chi connectivity index (χ0v) is 13.7. The summed E-state index contributed by atoms with van der Waals surface area (Å²) < 4.78 is 0. The van der Waals surface area contributed by atoms with Crippen molar-refractivity contribution in [2.24, 2.45) is 0 Å².